The lowest BCUT2D eigenvalue weighted by atomic mass is 10.1. The Morgan fingerprint density at radius 3 is 2.48 bits per heavy atom. The van der Waals surface area contributed by atoms with Gasteiger partial charge in [-0.25, -0.2) is 0 Å². The van der Waals surface area contributed by atoms with Gasteiger partial charge in [0.25, 0.3) is 5.91 Å². The first-order valence-corrected chi connectivity index (χ1v) is 7.94. The van der Waals surface area contributed by atoms with E-state index in [1.54, 1.807) is 12.1 Å². The maximum atomic E-state index is 12.2. The average molecular weight is 346 g/mol. The average Bonchev–Trinajstić information content (AvgIpc) is 3.16. The Morgan fingerprint density at radius 2 is 2.00 bits per heavy atom. The van der Waals surface area contributed by atoms with Gasteiger partial charge in [-0.3, -0.25) is 4.79 Å². The lowest BCUT2D eigenvalue weighted by Crippen LogP contribution is -2.32. The van der Waals surface area contributed by atoms with Crippen molar-refractivity contribution in [2.75, 3.05) is 34.5 Å². The van der Waals surface area contributed by atoms with Crippen LogP contribution in [0.3, 0.4) is 0 Å². The van der Waals surface area contributed by atoms with Gasteiger partial charge in [0.05, 0.1) is 27.4 Å². The highest BCUT2D eigenvalue weighted by atomic mass is 16.5. The number of hydrogen-bond donors (Lipinski definition) is 1. The first-order valence-electron chi connectivity index (χ1n) is 7.94. The van der Waals surface area contributed by atoms with Gasteiger partial charge in [0, 0.05) is 13.2 Å². The van der Waals surface area contributed by atoms with Crippen LogP contribution in [0.5, 0.6) is 17.2 Å². The van der Waals surface area contributed by atoms with Crippen LogP contribution in [0, 0.1) is 11.3 Å². The highest BCUT2D eigenvalue weighted by Gasteiger charge is 2.18. The van der Waals surface area contributed by atoms with Gasteiger partial charge in [-0.15, -0.1) is 0 Å². The number of rotatable bonds is 7. The van der Waals surface area contributed by atoms with Crippen molar-refractivity contribution in [3.63, 3.8) is 0 Å². The Hall–Kier alpha value is -2.72. The molecule has 1 atom stereocenters. The van der Waals surface area contributed by atoms with Gasteiger partial charge >= 0.3 is 0 Å². The molecular formula is C18H22N2O5. The maximum absolute atomic E-state index is 12.2. The highest BCUT2D eigenvalue weighted by molar-refractivity contribution is 6.01. The molecule has 1 aromatic rings. The molecule has 1 N–H and O–H groups in total. The minimum absolute atomic E-state index is 0.00716. The van der Waals surface area contributed by atoms with Gasteiger partial charge in [0.15, 0.2) is 11.5 Å². The van der Waals surface area contributed by atoms with Crippen LogP contribution in [0.2, 0.25) is 0 Å². The van der Waals surface area contributed by atoms with Crippen LogP contribution < -0.4 is 19.5 Å². The number of nitrogens with one attached hydrogen (secondary N) is 1. The zero-order valence-electron chi connectivity index (χ0n) is 14.6. The number of nitrogens with zero attached hydrogens (tertiary/aromatic N) is 1. The largest absolute Gasteiger partial charge is 0.493 e. The Morgan fingerprint density at radius 1 is 1.32 bits per heavy atom. The minimum Gasteiger partial charge on any atom is -0.493 e. The molecule has 2 rings (SSSR count). The van der Waals surface area contributed by atoms with Crippen LogP contribution in [-0.2, 0) is 9.53 Å². The molecule has 134 valence electrons. The summed E-state index contributed by atoms with van der Waals surface area (Å²) in [6.45, 7) is 1.11. The van der Waals surface area contributed by atoms with Crippen molar-refractivity contribution in [2.45, 2.75) is 18.9 Å². The summed E-state index contributed by atoms with van der Waals surface area (Å²) in [6, 6.07) is 5.27. The fourth-order valence-corrected chi connectivity index (χ4v) is 2.61. The number of nitriles is 1. The molecule has 1 aliphatic heterocycles. The van der Waals surface area contributed by atoms with E-state index < -0.39 is 5.91 Å². The minimum atomic E-state index is -0.438. The smallest absolute Gasteiger partial charge is 0.262 e. The van der Waals surface area contributed by atoms with Crippen molar-refractivity contribution in [3.05, 3.63) is 23.3 Å². The van der Waals surface area contributed by atoms with Gasteiger partial charge in [-0.1, -0.05) is 0 Å². The summed E-state index contributed by atoms with van der Waals surface area (Å²) in [5, 5.41) is 12.0. The predicted octanol–water partition coefficient (Wildman–Crippen LogP) is 1.91. The van der Waals surface area contributed by atoms with E-state index in [1.165, 1.54) is 27.4 Å². The second-order valence-electron chi connectivity index (χ2n) is 5.47. The summed E-state index contributed by atoms with van der Waals surface area (Å²) in [5.41, 5.74) is 0.589. The van der Waals surface area contributed by atoms with Gasteiger partial charge in [0.2, 0.25) is 5.75 Å². The molecule has 1 fully saturated rings. The van der Waals surface area contributed by atoms with Crippen molar-refractivity contribution in [1.29, 1.82) is 5.26 Å². The van der Waals surface area contributed by atoms with Gasteiger partial charge in [-0.2, -0.15) is 5.26 Å². The second-order valence-corrected chi connectivity index (χ2v) is 5.47. The maximum Gasteiger partial charge on any atom is 0.262 e. The summed E-state index contributed by atoms with van der Waals surface area (Å²) in [7, 11) is 4.52. The third-order valence-electron chi connectivity index (χ3n) is 3.88. The van der Waals surface area contributed by atoms with Crippen LogP contribution >= 0.6 is 0 Å². The van der Waals surface area contributed by atoms with Crippen molar-refractivity contribution in [2.24, 2.45) is 0 Å². The number of benzene rings is 1. The molecule has 7 heteroatoms. The van der Waals surface area contributed by atoms with Crippen LogP contribution in [0.4, 0.5) is 0 Å². The second kappa shape index (κ2) is 8.94. The quantitative estimate of drug-likeness (QED) is 0.599. The molecule has 0 bridgehead atoms. The number of hydrogen-bond acceptors (Lipinski definition) is 6. The molecule has 1 aliphatic rings. The molecule has 7 nitrogen and oxygen atoms in total. The van der Waals surface area contributed by atoms with Crippen molar-refractivity contribution in [1.82, 2.24) is 5.32 Å². The molecular weight excluding hydrogens is 324 g/mol. The van der Waals surface area contributed by atoms with E-state index in [9.17, 15) is 10.1 Å². The molecule has 0 saturated carbocycles. The first kappa shape index (κ1) is 18.6. The van der Waals surface area contributed by atoms with Crippen LogP contribution in [0.25, 0.3) is 6.08 Å². The highest BCUT2D eigenvalue weighted by Crippen LogP contribution is 2.38. The number of ether oxygens (including phenoxy) is 4. The number of amides is 1. The lowest BCUT2D eigenvalue weighted by Gasteiger charge is -2.13. The fourth-order valence-electron chi connectivity index (χ4n) is 2.61. The Kier molecular flexibility index (Phi) is 6.66. The van der Waals surface area contributed by atoms with Crippen molar-refractivity contribution >= 4 is 12.0 Å². The van der Waals surface area contributed by atoms with E-state index in [4.69, 9.17) is 18.9 Å². The van der Waals surface area contributed by atoms with Crippen LogP contribution in [-0.4, -0.2) is 46.5 Å². The third kappa shape index (κ3) is 4.64. The van der Waals surface area contributed by atoms with E-state index in [1.807, 2.05) is 6.07 Å². The molecule has 25 heavy (non-hydrogen) atoms. The molecule has 0 aromatic heterocycles. The molecule has 1 amide bonds. The Labute approximate surface area is 147 Å². The number of carbonyl (C=O) groups excluding carboxylic acids is 1. The summed E-state index contributed by atoms with van der Waals surface area (Å²) in [6.07, 6.45) is 3.41. The van der Waals surface area contributed by atoms with E-state index in [2.05, 4.69) is 5.32 Å². The zero-order valence-corrected chi connectivity index (χ0v) is 14.6. The van der Waals surface area contributed by atoms with E-state index in [0.717, 1.165) is 12.8 Å². The third-order valence-corrected chi connectivity index (χ3v) is 3.88. The van der Waals surface area contributed by atoms with Gasteiger partial charge in [0.1, 0.15) is 11.6 Å². The monoisotopic (exact) mass is 346 g/mol. The molecule has 1 saturated heterocycles. The number of methoxy groups -OCH3 is 3. The topological polar surface area (TPSA) is 89.8 Å². The standard InChI is InChI=1S/C18H22N2O5/c1-22-15-8-12(9-16(23-2)17(15)24-3)7-13(10-19)18(21)20-11-14-5-4-6-25-14/h7-9,14H,4-6,11H2,1-3H3,(H,20,21)/b13-7-. The number of carbonyl (C=O) groups is 1. The zero-order chi connectivity index (χ0) is 18.2. The van der Waals surface area contributed by atoms with Crippen LogP contribution in [0.15, 0.2) is 17.7 Å². The van der Waals surface area contributed by atoms with Gasteiger partial charge < -0.3 is 24.3 Å². The first-order chi connectivity index (χ1) is 12.1. The molecule has 1 unspecified atom stereocenters. The molecule has 0 radical (unpaired) electrons. The normalized spacial score (nSPS) is 16.9. The summed E-state index contributed by atoms with van der Waals surface area (Å²) < 4.78 is 21.3. The van der Waals surface area contributed by atoms with Crippen molar-refractivity contribution in [3.8, 4) is 23.3 Å². The molecule has 1 aromatic carbocycles. The summed E-state index contributed by atoms with van der Waals surface area (Å²) in [4.78, 5) is 12.2. The Balaban J connectivity index is 2.20. The van der Waals surface area contributed by atoms with E-state index in [-0.39, 0.29) is 11.7 Å². The van der Waals surface area contributed by atoms with E-state index >= 15 is 0 Å². The Bertz CT molecular complexity index is 662. The van der Waals surface area contributed by atoms with E-state index in [0.29, 0.717) is 36.0 Å². The fraction of sp³-hybridized carbons (Fsp3) is 0.444. The van der Waals surface area contributed by atoms with Gasteiger partial charge in [-0.05, 0) is 36.6 Å². The van der Waals surface area contributed by atoms with Crippen LogP contribution in [0.1, 0.15) is 18.4 Å². The lowest BCUT2D eigenvalue weighted by molar-refractivity contribution is -0.117. The summed E-state index contributed by atoms with van der Waals surface area (Å²) in [5.74, 6) is 0.908. The summed E-state index contributed by atoms with van der Waals surface area (Å²) >= 11 is 0. The van der Waals surface area contributed by atoms with Crippen molar-refractivity contribution < 1.29 is 23.7 Å². The molecule has 1 heterocycles. The SMILES string of the molecule is COc1cc(/C=C(/C#N)C(=O)NCC2CCCO2)cc(OC)c1OC. The predicted molar refractivity (Wildman–Crippen MR) is 91.7 cm³/mol. The molecule has 0 aliphatic carbocycles. The molecule has 0 spiro atoms.